The zero-order valence-corrected chi connectivity index (χ0v) is 21.2. The second kappa shape index (κ2) is 7.68. The maximum Gasteiger partial charge on any atom is 0.0663 e. The molecule has 0 saturated heterocycles. The molecule has 39 heavy (non-hydrogen) atoms. The molecule has 3 heteroatoms. The van der Waals surface area contributed by atoms with Crippen LogP contribution in [0.25, 0.3) is 65.8 Å². The molecule has 0 bridgehead atoms. The molecular weight excluding hydrogens is 474 g/mol. The fourth-order valence-corrected chi connectivity index (χ4v) is 6.63. The Hall–Kier alpha value is -5.15. The molecule has 0 fully saturated rings. The first-order chi connectivity index (χ1) is 19.3. The Balaban J connectivity index is 1.43. The van der Waals surface area contributed by atoms with E-state index in [4.69, 9.17) is 0 Å². The van der Waals surface area contributed by atoms with E-state index in [1.807, 2.05) is 6.21 Å². The monoisotopic (exact) mass is 497 g/mol. The highest BCUT2D eigenvalue weighted by atomic mass is 15.0. The molecule has 0 atom stereocenters. The lowest BCUT2D eigenvalue weighted by atomic mass is 10.0. The molecule has 9 rings (SSSR count). The van der Waals surface area contributed by atoms with E-state index in [-0.39, 0.29) is 0 Å². The van der Waals surface area contributed by atoms with Crippen LogP contribution in [0.4, 0.5) is 5.69 Å². The molecular formula is C36H23N3. The molecule has 3 nitrogen and oxygen atoms in total. The van der Waals surface area contributed by atoms with Gasteiger partial charge in [0.15, 0.2) is 0 Å². The first kappa shape index (κ1) is 20.9. The number of rotatable bonds is 2. The van der Waals surface area contributed by atoms with Gasteiger partial charge < -0.3 is 9.13 Å². The van der Waals surface area contributed by atoms with Gasteiger partial charge in [-0.1, -0.05) is 60.7 Å². The summed E-state index contributed by atoms with van der Waals surface area (Å²) in [7, 11) is 0. The van der Waals surface area contributed by atoms with Crippen LogP contribution < -0.4 is 0 Å². The Bertz CT molecular complexity index is 2300. The lowest BCUT2D eigenvalue weighted by Gasteiger charge is -2.11. The minimum absolute atomic E-state index is 0.894. The number of benzene rings is 6. The van der Waals surface area contributed by atoms with Crippen LogP contribution >= 0.6 is 0 Å². The molecule has 0 spiro atoms. The van der Waals surface area contributed by atoms with Crippen LogP contribution in [0.1, 0.15) is 5.56 Å². The summed E-state index contributed by atoms with van der Waals surface area (Å²) in [6.07, 6.45) is 2.90. The second-order valence-electron chi connectivity index (χ2n) is 10.4. The summed E-state index contributed by atoms with van der Waals surface area (Å²) in [6.45, 7) is 0. The predicted molar refractivity (Wildman–Crippen MR) is 164 cm³/mol. The third-order valence-corrected chi connectivity index (χ3v) is 8.32. The molecule has 0 amide bonds. The smallest absolute Gasteiger partial charge is 0.0663 e. The summed E-state index contributed by atoms with van der Waals surface area (Å²) in [5, 5.41) is 7.67. The highest BCUT2D eigenvalue weighted by Crippen LogP contribution is 2.41. The maximum absolute atomic E-state index is 4.53. The highest BCUT2D eigenvalue weighted by Gasteiger charge is 2.19. The van der Waals surface area contributed by atoms with Gasteiger partial charge in [0.25, 0.3) is 0 Å². The van der Waals surface area contributed by atoms with Crippen molar-refractivity contribution in [2.75, 3.05) is 0 Å². The summed E-state index contributed by atoms with van der Waals surface area (Å²) in [5.74, 6) is 0. The Kier molecular flexibility index (Phi) is 4.11. The third kappa shape index (κ3) is 2.84. The van der Waals surface area contributed by atoms with Crippen LogP contribution in [-0.4, -0.2) is 15.3 Å². The molecule has 3 heterocycles. The fourth-order valence-electron chi connectivity index (χ4n) is 6.63. The zero-order chi connectivity index (χ0) is 25.5. The Morgan fingerprint density at radius 3 is 2.10 bits per heavy atom. The molecule has 182 valence electrons. The van der Waals surface area contributed by atoms with Crippen molar-refractivity contribution in [3.05, 3.63) is 127 Å². The van der Waals surface area contributed by atoms with Gasteiger partial charge in [-0.05, 0) is 77.0 Å². The molecule has 8 aromatic rings. The van der Waals surface area contributed by atoms with Gasteiger partial charge in [0, 0.05) is 45.6 Å². The van der Waals surface area contributed by atoms with Gasteiger partial charge >= 0.3 is 0 Å². The highest BCUT2D eigenvalue weighted by molar-refractivity contribution is 6.24. The SMILES string of the molecule is C1=Nc2ccc(-n3c4ccccc4c4c5cc6c(cc5ccc43)c3ccccc3n6-c3ccccc3)cc2C1. The number of hydrogen-bond acceptors (Lipinski definition) is 1. The van der Waals surface area contributed by atoms with Crippen molar-refractivity contribution < 1.29 is 0 Å². The van der Waals surface area contributed by atoms with Gasteiger partial charge in [0.2, 0.25) is 0 Å². The van der Waals surface area contributed by atoms with Crippen molar-refractivity contribution in [3.63, 3.8) is 0 Å². The van der Waals surface area contributed by atoms with E-state index in [9.17, 15) is 0 Å². The topological polar surface area (TPSA) is 22.2 Å². The van der Waals surface area contributed by atoms with E-state index in [0.29, 0.717) is 0 Å². The van der Waals surface area contributed by atoms with Crippen molar-refractivity contribution in [2.24, 2.45) is 4.99 Å². The van der Waals surface area contributed by atoms with E-state index in [2.05, 4.69) is 135 Å². The zero-order valence-electron chi connectivity index (χ0n) is 21.2. The molecule has 0 saturated carbocycles. The Morgan fingerprint density at radius 1 is 0.487 bits per heavy atom. The summed E-state index contributed by atoms with van der Waals surface area (Å²) in [6, 6.07) is 44.3. The van der Waals surface area contributed by atoms with Gasteiger partial charge in [-0.15, -0.1) is 0 Å². The van der Waals surface area contributed by atoms with E-state index in [0.717, 1.165) is 12.1 Å². The summed E-state index contributed by atoms with van der Waals surface area (Å²) < 4.78 is 4.82. The minimum Gasteiger partial charge on any atom is -0.309 e. The van der Waals surface area contributed by atoms with Crippen LogP contribution in [0.3, 0.4) is 0 Å². The van der Waals surface area contributed by atoms with Gasteiger partial charge in [0.05, 0.1) is 27.8 Å². The van der Waals surface area contributed by atoms with Crippen molar-refractivity contribution in [1.82, 2.24) is 9.13 Å². The van der Waals surface area contributed by atoms with E-state index in [1.54, 1.807) is 0 Å². The van der Waals surface area contributed by atoms with E-state index < -0.39 is 0 Å². The minimum atomic E-state index is 0.894. The molecule has 6 aromatic carbocycles. The van der Waals surface area contributed by atoms with Gasteiger partial charge in [0.1, 0.15) is 0 Å². The molecule has 2 aromatic heterocycles. The lowest BCUT2D eigenvalue weighted by molar-refractivity contribution is 1.17. The molecule has 0 radical (unpaired) electrons. The van der Waals surface area contributed by atoms with Crippen molar-refractivity contribution in [2.45, 2.75) is 6.42 Å². The van der Waals surface area contributed by atoms with Gasteiger partial charge in [-0.2, -0.15) is 0 Å². The van der Waals surface area contributed by atoms with Crippen LogP contribution in [0.15, 0.2) is 126 Å². The average Bonchev–Trinajstić information content (AvgIpc) is 3.68. The van der Waals surface area contributed by atoms with E-state index >= 15 is 0 Å². The molecule has 0 unspecified atom stereocenters. The normalized spacial score (nSPS) is 12.9. The summed E-state index contributed by atoms with van der Waals surface area (Å²) >= 11 is 0. The summed E-state index contributed by atoms with van der Waals surface area (Å²) in [5.41, 5.74) is 9.64. The number of aliphatic imine (C=N–C) groups is 1. The van der Waals surface area contributed by atoms with Crippen LogP contribution in [0.5, 0.6) is 0 Å². The van der Waals surface area contributed by atoms with Crippen molar-refractivity contribution >= 4 is 66.3 Å². The summed E-state index contributed by atoms with van der Waals surface area (Å²) in [4.78, 5) is 4.53. The Labute approximate surface area is 224 Å². The van der Waals surface area contributed by atoms with Gasteiger partial charge in [-0.25, -0.2) is 0 Å². The van der Waals surface area contributed by atoms with Crippen LogP contribution in [-0.2, 0) is 6.42 Å². The number of hydrogen-bond donors (Lipinski definition) is 0. The van der Waals surface area contributed by atoms with Gasteiger partial charge in [-0.3, -0.25) is 4.99 Å². The Morgan fingerprint density at radius 2 is 1.23 bits per heavy atom. The molecule has 0 N–H and O–H groups in total. The fraction of sp³-hybridized carbons (Fsp3) is 0.0278. The predicted octanol–water partition coefficient (Wildman–Crippen LogP) is 9.29. The number of para-hydroxylation sites is 3. The van der Waals surface area contributed by atoms with Crippen molar-refractivity contribution in [1.29, 1.82) is 0 Å². The molecule has 1 aliphatic heterocycles. The maximum atomic E-state index is 4.53. The standard InChI is InChI=1S/C36H23N3/c1-2-8-25(9-3-1)38-32-12-6-4-10-27(32)30-21-23-14-17-34-36(29(23)22-35(30)38)28-11-5-7-13-33(28)39(34)26-15-16-31-24(20-26)18-19-37-31/h1-17,19-22H,18H2. The third-order valence-electron chi connectivity index (χ3n) is 8.32. The average molecular weight is 498 g/mol. The first-order valence-corrected chi connectivity index (χ1v) is 13.5. The van der Waals surface area contributed by atoms with Crippen LogP contribution in [0.2, 0.25) is 0 Å². The first-order valence-electron chi connectivity index (χ1n) is 13.5. The lowest BCUT2D eigenvalue weighted by Crippen LogP contribution is -1.95. The second-order valence-corrected chi connectivity index (χ2v) is 10.4. The van der Waals surface area contributed by atoms with Crippen molar-refractivity contribution in [3.8, 4) is 11.4 Å². The quantitative estimate of drug-likeness (QED) is 0.227. The largest absolute Gasteiger partial charge is 0.309 e. The van der Waals surface area contributed by atoms with E-state index in [1.165, 1.54) is 71.3 Å². The molecule has 0 aliphatic carbocycles. The number of fused-ring (bicyclic) bond motifs is 9. The number of nitrogens with zero attached hydrogens (tertiary/aromatic N) is 3. The van der Waals surface area contributed by atoms with Crippen LogP contribution in [0, 0.1) is 0 Å². The molecule has 1 aliphatic rings. The number of aromatic nitrogens is 2.